The lowest BCUT2D eigenvalue weighted by Crippen LogP contribution is -2.18. The molecule has 21 heavy (non-hydrogen) atoms. The molecule has 110 valence electrons. The monoisotopic (exact) mass is 287 g/mol. The molecule has 3 rings (SSSR count). The molecular weight excluding hydrogens is 270 g/mol. The Hall–Kier alpha value is -2.21. The van der Waals surface area contributed by atoms with E-state index in [1.54, 1.807) is 18.5 Å². The Morgan fingerprint density at radius 2 is 2.24 bits per heavy atom. The minimum Gasteiger partial charge on any atom is -0.464 e. The van der Waals surface area contributed by atoms with Gasteiger partial charge >= 0.3 is 5.97 Å². The first-order chi connectivity index (χ1) is 10.3. The van der Waals surface area contributed by atoms with Gasteiger partial charge in [0.15, 0.2) is 0 Å². The van der Waals surface area contributed by atoms with Gasteiger partial charge in [-0.1, -0.05) is 6.07 Å². The van der Waals surface area contributed by atoms with Gasteiger partial charge in [-0.05, 0) is 25.3 Å². The standard InChI is InChI=1S/C15H17N3O3/c1-20-15(19)13-6-5-11(8-16-13)12-9-17-18(10-12)14-4-2-3-7-21-14/h5-6,8-10,14H,2-4,7H2,1H3. The van der Waals surface area contributed by atoms with E-state index in [1.165, 1.54) is 7.11 Å². The highest BCUT2D eigenvalue weighted by Gasteiger charge is 2.17. The zero-order valence-electron chi connectivity index (χ0n) is 11.9. The fraction of sp³-hybridized carbons (Fsp3) is 0.400. The SMILES string of the molecule is COC(=O)c1ccc(-c2cnn(C3CCCCO3)c2)cn1. The molecule has 3 heterocycles. The van der Waals surface area contributed by atoms with Crippen molar-refractivity contribution in [3.05, 3.63) is 36.4 Å². The van der Waals surface area contributed by atoms with E-state index in [0.29, 0.717) is 5.69 Å². The van der Waals surface area contributed by atoms with E-state index in [4.69, 9.17) is 4.74 Å². The molecule has 0 aliphatic carbocycles. The Balaban J connectivity index is 1.77. The van der Waals surface area contributed by atoms with Crippen LogP contribution in [0.5, 0.6) is 0 Å². The number of hydrogen-bond donors (Lipinski definition) is 0. The van der Waals surface area contributed by atoms with Crippen molar-refractivity contribution in [2.75, 3.05) is 13.7 Å². The van der Waals surface area contributed by atoms with Crippen LogP contribution in [0.2, 0.25) is 0 Å². The van der Waals surface area contributed by atoms with Crippen LogP contribution >= 0.6 is 0 Å². The third-order valence-electron chi connectivity index (χ3n) is 3.54. The molecular formula is C15H17N3O3. The number of rotatable bonds is 3. The number of ether oxygens (including phenoxy) is 2. The molecule has 0 amide bonds. The molecule has 1 fully saturated rings. The van der Waals surface area contributed by atoms with Crippen LogP contribution in [-0.2, 0) is 9.47 Å². The van der Waals surface area contributed by atoms with Crippen molar-refractivity contribution in [1.29, 1.82) is 0 Å². The minimum absolute atomic E-state index is 0.0230. The van der Waals surface area contributed by atoms with Gasteiger partial charge in [-0.3, -0.25) is 0 Å². The van der Waals surface area contributed by atoms with Gasteiger partial charge in [0.2, 0.25) is 0 Å². The fourth-order valence-corrected chi connectivity index (χ4v) is 2.37. The molecule has 2 aromatic heterocycles. The van der Waals surface area contributed by atoms with Crippen LogP contribution in [0.25, 0.3) is 11.1 Å². The summed E-state index contributed by atoms with van der Waals surface area (Å²) in [4.78, 5) is 15.5. The van der Waals surface area contributed by atoms with Crippen molar-refractivity contribution >= 4 is 5.97 Å². The van der Waals surface area contributed by atoms with E-state index in [0.717, 1.165) is 37.0 Å². The van der Waals surface area contributed by atoms with Crippen molar-refractivity contribution in [2.24, 2.45) is 0 Å². The van der Waals surface area contributed by atoms with Crippen LogP contribution < -0.4 is 0 Å². The van der Waals surface area contributed by atoms with Gasteiger partial charge in [0.25, 0.3) is 0 Å². The molecule has 0 bridgehead atoms. The lowest BCUT2D eigenvalue weighted by atomic mass is 10.1. The summed E-state index contributed by atoms with van der Waals surface area (Å²) < 4.78 is 12.2. The first kappa shape index (κ1) is 13.8. The maximum atomic E-state index is 11.4. The molecule has 0 N–H and O–H groups in total. The van der Waals surface area contributed by atoms with Gasteiger partial charge in [-0.15, -0.1) is 0 Å². The molecule has 1 unspecified atom stereocenters. The van der Waals surface area contributed by atoms with E-state index < -0.39 is 5.97 Å². The van der Waals surface area contributed by atoms with Gasteiger partial charge in [0, 0.05) is 30.1 Å². The number of aromatic nitrogens is 3. The van der Waals surface area contributed by atoms with Gasteiger partial charge in [0.1, 0.15) is 11.9 Å². The summed E-state index contributed by atoms with van der Waals surface area (Å²) in [6.07, 6.45) is 8.67. The highest BCUT2D eigenvalue weighted by atomic mass is 16.5. The second-order valence-corrected chi connectivity index (χ2v) is 4.95. The molecule has 1 saturated heterocycles. The Kier molecular flexibility index (Phi) is 3.96. The van der Waals surface area contributed by atoms with Gasteiger partial charge in [-0.25, -0.2) is 14.5 Å². The van der Waals surface area contributed by atoms with Crippen LogP contribution in [0.1, 0.15) is 36.0 Å². The molecule has 1 aliphatic rings. The Morgan fingerprint density at radius 1 is 1.33 bits per heavy atom. The normalized spacial score (nSPS) is 18.4. The number of nitrogens with zero attached hydrogens (tertiary/aromatic N) is 3. The molecule has 6 heteroatoms. The van der Waals surface area contributed by atoms with Crippen molar-refractivity contribution in [3.8, 4) is 11.1 Å². The van der Waals surface area contributed by atoms with Crippen LogP contribution in [0, 0.1) is 0 Å². The molecule has 1 atom stereocenters. The lowest BCUT2D eigenvalue weighted by molar-refractivity contribution is -0.0394. The third kappa shape index (κ3) is 2.95. The van der Waals surface area contributed by atoms with Crippen LogP contribution in [0.3, 0.4) is 0 Å². The Bertz CT molecular complexity index is 615. The van der Waals surface area contributed by atoms with Crippen LogP contribution in [0.4, 0.5) is 0 Å². The van der Waals surface area contributed by atoms with E-state index >= 15 is 0 Å². The van der Waals surface area contributed by atoms with E-state index in [9.17, 15) is 4.79 Å². The summed E-state index contributed by atoms with van der Waals surface area (Å²) in [6, 6.07) is 3.48. The molecule has 0 radical (unpaired) electrons. The summed E-state index contributed by atoms with van der Waals surface area (Å²) in [5, 5.41) is 4.36. The maximum absolute atomic E-state index is 11.4. The topological polar surface area (TPSA) is 66.2 Å². The van der Waals surface area contributed by atoms with Gasteiger partial charge in [-0.2, -0.15) is 5.10 Å². The number of carbonyl (C=O) groups excluding carboxylic acids is 1. The summed E-state index contributed by atoms with van der Waals surface area (Å²) in [5.74, 6) is -0.437. The molecule has 6 nitrogen and oxygen atoms in total. The third-order valence-corrected chi connectivity index (χ3v) is 3.54. The van der Waals surface area contributed by atoms with E-state index in [1.807, 2.05) is 16.9 Å². The molecule has 0 saturated carbocycles. The maximum Gasteiger partial charge on any atom is 0.356 e. The van der Waals surface area contributed by atoms with E-state index in [-0.39, 0.29) is 6.23 Å². The zero-order chi connectivity index (χ0) is 14.7. The summed E-state index contributed by atoms with van der Waals surface area (Å²) in [5.41, 5.74) is 2.15. The number of methoxy groups -OCH3 is 1. The molecule has 0 spiro atoms. The largest absolute Gasteiger partial charge is 0.464 e. The number of esters is 1. The Morgan fingerprint density at radius 3 is 2.90 bits per heavy atom. The van der Waals surface area contributed by atoms with Crippen molar-refractivity contribution in [2.45, 2.75) is 25.5 Å². The van der Waals surface area contributed by atoms with Crippen molar-refractivity contribution in [3.63, 3.8) is 0 Å². The highest BCUT2D eigenvalue weighted by Crippen LogP contribution is 2.25. The number of carbonyl (C=O) groups is 1. The summed E-state index contributed by atoms with van der Waals surface area (Å²) >= 11 is 0. The number of pyridine rings is 1. The quantitative estimate of drug-likeness (QED) is 0.811. The predicted octanol–water partition coefficient (Wildman–Crippen LogP) is 2.43. The van der Waals surface area contributed by atoms with Crippen LogP contribution in [-0.4, -0.2) is 34.5 Å². The molecule has 2 aromatic rings. The summed E-state index contributed by atoms with van der Waals surface area (Å²) in [7, 11) is 1.34. The summed E-state index contributed by atoms with van der Waals surface area (Å²) in [6.45, 7) is 0.787. The van der Waals surface area contributed by atoms with Gasteiger partial charge < -0.3 is 9.47 Å². The highest BCUT2D eigenvalue weighted by molar-refractivity contribution is 5.87. The van der Waals surface area contributed by atoms with E-state index in [2.05, 4.69) is 14.8 Å². The van der Waals surface area contributed by atoms with Crippen molar-refractivity contribution in [1.82, 2.24) is 14.8 Å². The Labute approximate surface area is 122 Å². The average Bonchev–Trinajstić information content (AvgIpc) is 3.05. The smallest absolute Gasteiger partial charge is 0.356 e. The first-order valence-corrected chi connectivity index (χ1v) is 6.98. The number of hydrogen-bond acceptors (Lipinski definition) is 5. The lowest BCUT2D eigenvalue weighted by Gasteiger charge is -2.22. The van der Waals surface area contributed by atoms with Crippen LogP contribution in [0.15, 0.2) is 30.7 Å². The molecule has 1 aliphatic heterocycles. The first-order valence-electron chi connectivity index (χ1n) is 6.98. The molecule has 0 aromatic carbocycles. The zero-order valence-corrected chi connectivity index (χ0v) is 11.9. The fourth-order valence-electron chi connectivity index (χ4n) is 2.37. The van der Waals surface area contributed by atoms with Crippen molar-refractivity contribution < 1.29 is 14.3 Å². The predicted molar refractivity (Wildman–Crippen MR) is 75.6 cm³/mol. The van der Waals surface area contributed by atoms with Gasteiger partial charge in [0.05, 0.1) is 13.3 Å². The second kappa shape index (κ2) is 6.05. The average molecular weight is 287 g/mol. The second-order valence-electron chi connectivity index (χ2n) is 4.95. The minimum atomic E-state index is -0.437.